The summed E-state index contributed by atoms with van der Waals surface area (Å²) in [6.07, 6.45) is 1.47. The first-order valence-electron chi connectivity index (χ1n) is 6.14. The van der Waals surface area contributed by atoms with Crippen molar-refractivity contribution >= 4 is 23.3 Å². The van der Waals surface area contributed by atoms with Gasteiger partial charge in [0.1, 0.15) is 5.69 Å². The third-order valence-electron chi connectivity index (χ3n) is 3.22. The van der Waals surface area contributed by atoms with Crippen LogP contribution in [-0.4, -0.2) is 40.2 Å². The Kier molecular flexibility index (Phi) is 3.99. The molecule has 9 heteroatoms. The molecule has 1 aliphatic rings. The average Bonchev–Trinajstić information content (AvgIpc) is 2.39. The van der Waals surface area contributed by atoms with E-state index in [4.69, 9.17) is 5.73 Å². The molecular weight excluding hydrogens is 266 g/mol. The van der Waals surface area contributed by atoms with Gasteiger partial charge in [0.05, 0.1) is 11.0 Å². The standard InChI is InChI=1S/C11H15N5O4/c12-10-9(16(19)20)8(3-5-14-10)15(11(17)18)7-2-1-4-13-6-7/h3,5,7,13H,1-2,4,6H2,(H2,12,14)(H,17,18). The molecule has 20 heavy (non-hydrogen) atoms. The molecule has 4 N–H and O–H groups in total. The Bertz CT molecular complexity index is 530. The lowest BCUT2D eigenvalue weighted by molar-refractivity contribution is -0.383. The molecule has 1 saturated heterocycles. The summed E-state index contributed by atoms with van der Waals surface area (Å²) in [5.41, 5.74) is 4.99. The number of nitrogen functional groups attached to an aromatic ring is 1. The highest BCUT2D eigenvalue weighted by Crippen LogP contribution is 2.34. The molecule has 1 fully saturated rings. The largest absolute Gasteiger partial charge is 0.465 e. The van der Waals surface area contributed by atoms with Gasteiger partial charge in [-0.15, -0.1) is 0 Å². The first-order valence-corrected chi connectivity index (χ1v) is 6.14. The fourth-order valence-corrected chi connectivity index (χ4v) is 2.35. The molecule has 0 aromatic carbocycles. The van der Waals surface area contributed by atoms with Crippen LogP contribution in [0.2, 0.25) is 0 Å². The maximum Gasteiger partial charge on any atom is 0.412 e. The summed E-state index contributed by atoms with van der Waals surface area (Å²) < 4.78 is 0. The molecule has 1 aliphatic heterocycles. The number of anilines is 2. The van der Waals surface area contributed by atoms with Crippen molar-refractivity contribution < 1.29 is 14.8 Å². The van der Waals surface area contributed by atoms with Crippen LogP contribution in [0.3, 0.4) is 0 Å². The van der Waals surface area contributed by atoms with E-state index in [-0.39, 0.29) is 17.5 Å². The Labute approximate surface area is 114 Å². The minimum atomic E-state index is -1.24. The molecule has 1 unspecified atom stereocenters. The van der Waals surface area contributed by atoms with Crippen molar-refractivity contribution in [3.05, 3.63) is 22.4 Å². The predicted octanol–water partition coefficient (Wildman–Crippen LogP) is 0.808. The van der Waals surface area contributed by atoms with Gasteiger partial charge in [0, 0.05) is 12.7 Å². The van der Waals surface area contributed by atoms with Gasteiger partial charge in [0.2, 0.25) is 5.82 Å². The van der Waals surface area contributed by atoms with Crippen LogP contribution in [0.25, 0.3) is 0 Å². The third kappa shape index (κ3) is 2.62. The first kappa shape index (κ1) is 14.0. The number of carbonyl (C=O) groups is 1. The van der Waals surface area contributed by atoms with Crippen molar-refractivity contribution in [2.24, 2.45) is 0 Å². The Balaban J connectivity index is 2.46. The average molecular weight is 281 g/mol. The molecule has 0 aliphatic carbocycles. The van der Waals surface area contributed by atoms with Crippen LogP contribution in [0.1, 0.15) is 12.8 Å². The van der Waals surface area contributed by atoms with Gasteiger partial charge in [-0.05, 0) is 25.5 Å². The van der Waals surface area contributed by atoms with Gasteiger partial charge in [-0.3, -0.25) is 15.0 Å². The number of pyridine rings is 1. The van der Waals surface area contributed by atoms with Crippen molar-refractivity contribution in [3.8, 4) is 0 Å². The molecule has 0 spiro atoms. The van der Waals surface area contributed by atoms with Gasteiger partial charge >= 0.3 is 11.8 Å². The van der Waals surface area contributed by atoms with Crippen molar-refractivity contribution in [2.45, 2.75) is 18.9 Å². The number of nitrogens with two attached hydrogens (primary N) is 1. The normalized spacial score (nSPS) is 18.5. The quantitative estimate of drug-likeness (QED) is 0.551. The van der Waals surface area contributed by atoms with E-state index in [2.05, 4.69) is 10.3 Å². The van der Waals surface area contributed by atoms with Crippen LogP contribution in [0, 0.1) is 10.1 Å². The zero-order valence-corrected chi connectivity index (χ0v) is 10.7. The zero-order chi connectivity index (χ0) is 14.7. The van der Waals surface area contributed by atoms with E-state index >= 15 is 0 Å². The van der Waals surface area contributed by atoms with Crippen LogP contribution in [-0.2, 0) is 0 Å². The lowest BCUT2D eigenvalue weighted by atomic mass is 10.1. The second-order valence-electron chi connectivity index (χ2n) is 4.47. The Morgan fingerprint density at radius 2 is 2.40 bits per heavy atom. The van der Waals surface area contributed by atoms with Crippen molar-refractivity contribution in [1.82, 2.24) is 10.3 Å². The number of nitrogens with zero attached hydrogens (tertiary/aromatic N) is 3. The topological polar surface area (TPSA) is 135 Å². The Morgan fingerprint density at radius 3 is 2.95 bits per heavy atom. The fraction of sp³-hybridized carbons (Fsp3) is 0.455. The monoisotopic (exact) mass is 281 g/mol. The van der Waals surface area contributed by atoms with Crippen LogP contribution in [0.5, 0.6) is 0 Å². The Hall–Kier alpha value is -2.42. The zero-order valence-electron chi connectivity index (χ0n) is 10.7. The molecule has 0 saturated carbocycles. The number of aromatic nitrogens is 1. The predicted molar refractivity (Wildman–Crippen MR) is 71.7 cm³/mol. The number of nitro groups is 1. The van der Waals surface area contributed by atoms with E-state index in [9.17, 15) is 20.0 Å². The van der Waals surface area contributed by atoms with Crippen molar-refractivity contribution in [1.29, 1.82) is 0 Å². The van der Waals surface area contributed by atoms with Gasteiger partial charge in [-0.2, -0.15) is 0 Å². The molecule has 2 heterocycles. The maximum absolute atomic E-state index is 11.5. The van der Waals surface area contributed by atoms with Gasteiger partial charge in [-0.25, -0.2) is 9.78 Å². The van der Waals surface area contributed by atoms with Gasteiger partial charge < -0.3 is 16.2 Å². The van der Waals surface area contributed by atoms with E-state index in [0.29, 0.717) is 13.0 Å². The second kappa shape index (κ2) is 5.70. The summed E-state index contributed by atoms with van der Waals surface area (Å²) in [5.74, 6) is -0.289. The minimum absolute atomic E-state index is 0.0382. The number of nitrogens with one attached hydrogen (secondary N) is 1. The SMILES string of the molecule is Nc1nccc(N(C(=O)O)C2CCCNC2)c1[N+](=O)[O-]. The van der Waals surface area contributed by atoms with E-state index in [1.54, 1.807) is 0 Å². The highest BCUT2D eigenvalue weighted by Gasteiger charge is 2.33. The number of amides is 1. The summed E-state index contributed by atoms with van der Waals surface area (Å²) in [7, 11) is 0. The molecular formula is C11H15N5O4. The minimum Gasteiger partial charge on any atom is -0.465 e. The molecule has 1 amide bonds. The van der Waals surface area contributed by atoms with Gasteiger partial charge in [-0.1, -0.05) is 0 Å². The van der Waals surface area contributed by atoms with E-state index < -0.39 is 16.7 Å². The lowest BCUT2D eigenvalue weighted by Crippen LogP contribution is -2.48. The van der Waals surface area contributed by atoms with Gasteiger partial charge in [0.15, 0.2) is 0 Å². The molecule has 1 aromatic heterocycles. The highest BCUT2D eigenvalue weighted by molar-refractivity contribution is 5.91. The third-order valence-corrected chi connectivity index (χ3v) is 3.22. The van der Waals surface area contributed by atoms with E-state index in [0.717, 1.165) is 17.9 Å². The molecule has 0 radical (unpaired) electrons. The number of hydrogen-bond acceptors (Lipinski definition) is 6. The molecule has 108 valence electrons. The molecule has 0 bridgehead atoms. The smallest absolute Gasteiger partial charge is 0.412 e. The Morgan fingerprint density at radius 1 is 1.65 bits per heavy atom. The van der Waals surface area contributed by atoms with E-state index in [1.165, 1.54) is 12.3 Å². The number of carboxylic acid groups (broad SMARTS) is 1. The van der Waals surface area contributed by atoms with Crippen molar-refractivity contribution in [3.63, 3.8) is 0 Å². The van der Waals surface area contributed by atoms with E-state index in [1.807, 2.05) is 0 Å². The molecule has 1 aromatic rings. The highest BCUT2D eigenvalue weighted by atomic mass is 16.6. The number of rotatable bonds is 3. The first-order chi connectivity index (χ1) is 9.52. The second-order valence-corrected chi connectivity index (χ2v) is 4.47. The molecule has 1 atom stereocenters. The summed E-state index contributed by atoms with van der Waals surface area (Å²) >= 11 is 0. The van der Waals surface area contributed by atoms with Crippen LogP contribution < -0.4 is 16.0 Å². The van der Waals surface area contributed by atoms with Crippen LogP contribution in [0.4, 0.5) is 22.0 Å². The lowest BCUT2D eigenvalue weighted by Gasteiger charge is -2.32. The maximum atomic E-state index is 11.5. The van der Waals surface area contributed by atoms with Crippen molar-refractivity contribution in [2.75, 3.05) is 23.7 Å². The fourth-order valence-electron chi connectivity index (χ4n) is 2.35. The summed E-state index contributed by atoms with van der Waals surface area (Å²) in [6.45, 7) is 1.26. The summed E-state index contributed by atoms with van der Waals surface area (Å²) in [6, 6.07) is 0.943. The number of piperidine rings is 1. The van der Waals surface area contributed by atoms with Crippen LogP contribution in [0.15, 0.2) is 12.3 Å². The molecule has 9 nitrogen and oxygen atoms in total. The van der Waals surface area contributed by atoms with Gasteiger partial charge in [0.25, 0.3) is 0 Å². The van der Waals surface area contributed by atoms with Crippen LogP contribution >= 0.6 is 0 Å². The summed E-state index contributed by atoms with van der Waals surface area (Å²) in [5, 5.41) is 23.6. The summed E-state index contributed by atoms with van der Waals surface area (Å²) in [4.78, 5) is 26.5. The number of hydrogen-bond donors (Lipinski definition) is 3. The molecule has 2 rings (SSSR count).